The van der Waals surface area contributed by atoms with Crippen LogP contribution in [-0.4, -0.2) is 48.3 Å². The van der Waals surface area contributed by atoms with Gasteiger partial charge in [0.25, 0.3) is 11.8 Å². The first-order valence-corrected chi connectivity index (χ1v) is 10.8. The summed E-state index contributed by atoms with van der Waals surface area (Å²) in [5.41, 5.74) is 2.68. The summed E-state index contributed by atoms with van der Waals surface area (Å²) >= 11 is 0. The van der Waals surface area contributed by atoms with E-state index in [2.05, 4.69) is 31.2 Å². The molecule has 1 saturated heterocycles. The van der Waals surface area contributed by atoms with Gasteiger partial charge < -0.3 is 9.80 Å². The van der Waals surface area contributed by atoms with E-state index < -0.39 is 0 Å². The zero-order chi connectivity index (χ0) is 20.6. The van der Waals surface area contributed by atoms with Gasteiger partial charge >= 0.3 is 0 Å². The SMILES string of the molecule is CCCCN(C)C(=O)c1ccc(C(=O)N2CCC(Cc3ccccc3)CC2)cc1. The molecule has 3 rings (SSSR count). The summed E-state index contributed by atoms with van der Waals surface area (Å²) in [5, 5.41) is 0. The largest absolute Gasteiger partial charge is 0.342 e. The Kier molecular flexibility index (Phi) is 7.45. The number of likely N-dealkylation sites (tertiary alicyclic amines) is 1. The highest BCUT2D eigenvalue weighted by Gasteiger charge is 2.24. The molecule has 2 amide bonds. The molecular weight excluding hydrogens is 360 g/mol. The normalized spacial score (nSPS) is 14.6. The van der Waals surface area contributed by atoms with E-state index in [-0.39, 0.29) is 11.8 Å². The number of carbonyl (C=O) groups excluding carboxylic acids is 2. The summed E-state index contributed by atoms with van der Waals surface area (Å²) in [6.45, 7) is 4.48. The van der Waals surface area contributed by atoms with Crippen molar-refractivity contribution >= 4 is 11.8 Å². The Balaban J connectivity index is 1.52. The quantitative estimate of drug-likeness (QED) is 0.688. The molecule has 0 spiro atoms. The molecular formula is C25H32N2O2. The molecule has 1 fully saturated rings. The predicted octanol–water partition coefficient (Wildman–Crippen LogP) is 4.65. The fraction of sp³-hybridized carbons (Fsp3) is 0.440. The number of carbonyl (C=O) groups is 2. The van der Waals surface area contributed by atoms with Crippen LogP contribution in [0.15, 0.2) is 54.6 Å². The molecule has 0 aromatic heterocycles. The van der Waals surface area contributed by atoms with Gasteiger partial charge in [-0.05, 0) is 61.4 Å². The molecule has 0 unspecified atom stereocenters. The second kappa shape index (κ2) is 10.2. The molecule has 2 aromatic rings. The van der Waals surface area contributed by atoms with E-state index in [0.29, 0.717) is 17.0 Å². The van der Waals surface area contributed by atoms with Crippen molar-refractivity contribution in [3.63, 3.8) is 0 Å². The summed E-state index contributed by atoms with van der Waals surface area (Å²) in [4.78, 5) is 29.0. The molecule has 154 valence electrons. The number of amides is 2. The number of benzene rings is 2. The molecule has 0 radical (unpaired) electrons. The molecule has 1 heterocycles. The minimum atomic E-state index is 0.0131. The molecule has 4 nitrogen and oxygen atoms in total. The Hall–Kier alpha value is -2.62. The van der Waals surface area contributed by atoms with E-state index in [0.717, 1.165) is 51.7 Å². The van der Waals surface area contributed by atoms with Gasteiger partial charge in [-0.2, -0.15) is 0 Å². The lowest BCUT2D eigenvalue weighted by atomic mass is 9.90. The van der Waals surface area contributed by atoms with Crippen LogP contribution in [0.1, 0.15) is 58.9 Å². The summed E-state index contributed by atoms with van der Waals surface area (Å²) in [7, 11) is 1.83. The molecule has 0 bridgehead atoms. The average molecular weight is 393 g/mol. The molecule has 0 saturated carbocycles. The maximum absolute atomic E-state index is 12.9. The molecule has 0 aliphatic carbocycles. The van der Waals surface area contributed by atoms with Gasteiger partial charge in [-0.15, -0.1) is 0 Å². The van der Waals surface area contributed by atoms with Crippen molar-refractivity contribution in [1.29, 1.82) is 0 Å². The van der Waals surface area contributed by atoms with E-state index in [1.807, 2.05) is 18.0 Å². The summed E-state index contributed by atoms with van der Waals surface area (Å²) in [5.74, 6) is 0.723. The molecule has 1 aliphatic rings. The highest BCUT2D eigenvalue weighted by atomic mass is 16.2. The van der Waals surface area contributed by atoms with Crippen LogP contribution in [0, 0.1) is 5.92 Å². The van der Waals surface area contributed by atoms with E-state index in [4.69, 9.17) is 0 Å². The fourth-order valence-electron chi connectivity index (χ4n) is 3.94. The molecule has 1 aliphatic heterocycles. The minimum Gasteiger partial charge on any atom is -0.342 e. The number of hydrogen-bond donors (Lipinski definition) is 0. The zero-order valence-electron chi connectivity index (χ0n) is 17.6. The third-order valence-electron chi connectivity index (χ3n) is 5.84. The van der Waals surface area contributed by atoms with Crippen LogP contribution in [0.3, 0.4) is 0 Å². The Morgan fingerprint density at radius 1 is 0.966 bits per heavy atom. The van der Waals surface area contributed by atoms with Crippen molar-refractivity contribution in [2.24, 2.45) is 5.92 Å². The van der Waals surface area contributed by atoms with Crippen molar-refractivity contribution in [2.45, 2.75) is 39.0 Å². The smallest absolute Gasteiger partial charge is 0.253 e. The standard InChI is InChI=1S/C25H32N2O2/c1-3-4-16-26(2)24(28)22-10-12-23(13-11-22)25(29)27-17-14-21(15-18-27)19-20-8-6-5-7-9-20/h5-13,21H,3-4,14-19H2,1-2H3. The third-order valence-corrected chi connectivity index (χ3v) is 5.84. The van der Waals surface area contributed by atoms with E-state index in [9.17, 15) is 9.59 Å². The van der Waals surface area contributed by atoms with Crippen LogP contribution >= 0.6 is 0 Å². The van der Waals surface area contributed by atoms with E-state index in [1.54, 1.807) is 29.2 Å². The first-order valence-electron chi connectivity index (χ1n) is 10.8. The number of unbranched alkanes of at least 4 members (excludes halogenated alkanes) is 1. The van der Waals surface area contributed by atoms with Crippen molar-refractivity contribution in [3.05, 3.63) is 71.3 Å². The third kappa shape index (κ3) is 5.69. The minimum absolute atomic E-state index is 0.0131. The fourth-order valence-corrected chi connectivity index (χ4v) is 3.94. The lowest BCUT2D eigenvalue weighted by Crippen LogP contribution is -2.39. The lowest BCUT2D eigenvalue weighted by Gasteiger charge is -2.32. The number of rotatable bonds is 7. The van der Waals surface area contributed by atoms with Gasteiger partial charge in [-0.25, -0.2) is 0 Å². The van der Waals surface area contributed by atoms with Gasteiger partial charge in [0.15, 0.2) is 0 Å². The summed E-state index contributed by atoms with van der Waals surface area (Å²) < 4.78 is 0. The number of piperidine rings is 1. The summed E-state index contributed by atoms with van der Waals surface area (Å²) in [6.07, 6.45) is 5.23. The van der Waals surface area contributed by atoms with Crippen LogP contribution in [0.5, 0.6) is 0 Å². The zero-order valence-corrected chi connectivity index (χ0v) is 17.6. The molecule has 2 aromatic carbocycles. The lowest BCUT2D eigenvalue weighted by molar-refractivity contribution is 0.0689. The Labute approximate surface area is 174 Å². The maximum atomic E-state index is 12.9. The van der Waals surface area contributed by atoms with Crippen LogP contribution in [0.2, 0.25) is 0 Å². The van der Waals surface area contributed by atoms with Crippen LogP contribution in [-0.2, 0) is 6.42 Å². The van der Waals surface area contributed by atoms with Gasteiger partial charge in [0.2, 0.25) is 0 Å². The van der Waals surface area contributed by atoms with E-state index in [1.165, 1.54) is 5.56 Å². The number of hydrogen-bond acceptors (Lipinski definition) is 2. The predicted molar refractivity (Wildman–Crippen MR) is 117 cm³/mol. The molecule has 29 heavy (non-hydrogen) atoms. The Bertz CT molecular complexity index is 793. The highest BCUT2D eigenvalue weighted by molar-refractivity contribution is 5.97. The second-order valence-electron chi connectivity index (χ2n) is 8.08. The monoisotopic (exact) mass is 392 g/mol. The Morgan fingerprint density at radius 2 is 1.59 bits per heavy atom. The summed E-state index contributed by atoms with van der Waals surface area (Å²) in [6, 6.07) is 17.7. The first kappa shape index (κ1) is 21.1. The highest BCUT2D eigenvalue weighted by Crippen LogP contribution is 2.23. The van der Waals surface area contributed by atoms with Crippen molar-refractivity contribution in [3.8, 4) is 0 Å². The first-order chi connectivity index (χ1) is 14.1. The van der Waals surface area contributed by atoms with Crippen LogP contribution < -0.4 is 0 Å². The van der Waals surface area contributed by atoms with Crippen LogP contribution in [0.4, 0.5) is 0 Å². The topological polar surface area (TPSA) is 40.6 Å². The van der Waals surface area contributed by atoms with Gasteiger partial charge in [-0.3, -0.25) is 9.59 Å². The van der Waals surface area contributed by atoms with Crippen LogP contribution in [0.25, 0.3) is 0 Å². The average Bonchev–Trinajstić information content (AvgIpc) is 2.78. The van der Waals surface area contributed by atoms with Crippen molar-refractivity contribution in [1.82, 2.24) is 9.80 Å². The van der Waals surface area contributed by atoms with Gasteiger partial charge in [-0.1, -0.05) is 43.7 Å². The molecule has 0 N–H and O–H groups in total. The Morgan fingerprint density at radius 3 is 2.21 bits per heavy atom. The molecule has 0 atom stereocenters. The van der Waals surface area contributed by atoms with Gasteiger partial charge in [0, 0.05) is 37.8 Å². The van der Waals surface area contributed by atoms with Crippen molar-refractivity contribution in [2.75, 3.05) is 26.7 Å². The van der Waals surface area contributed by atoms with Crippen molar-refractivity contribution < 1.29 is 9.59 Å². The number of nitrogens with zero attached hydrogens (tertiary/aromatic N) is 2. The van der Waals surface area contributed by atoms with E-state index >= 15 is 0 Å². The van der Waals surface area contributed by atoms with Gasteiger partial charge in [0.05, 0.1) is 0 Å². The second-order valence-corrected chi connectivity index (χ2v) is 8.08. The maximum Gasteiger partial charge on any atom is 0.253 e. The molecule has 4 heteroatoms. The van der Waals surface area contributed by atoms with Gasteiger partial charge in [0.1, 0.15) is 0 Å².